The van der Waals surface area contributed by atoms with Crippen LogP contribution in [0.4, 0.5) is 0 Å². The molecule has 0 bridgehead atoms. The average Bonchev–Trinajstić information content (AvgIpc) is 3.74. The van der Waals surface area contributed by atoms with Crippen LogP contribution in [0.5, 0.6) is 0 Å². The first-order chi connectivity index (χ1) is 25.5. The lowest BCUT2D eigenvalue weighted by Gasteiger charge is -2.29. The summed E-state index contributed by atoms with van der Waals surface area (Å²) in [6.07, 6.45) is 0. The molecule has 0 spiro atoms. The molecule has 0 atom stereocenters. The Morgan fingerprint density at radius 1 is 0.286 bits per heavy atom. The van der Waals surface area contributed by atoms with Crippen molar-refractivity contribution in [2.24, 2.45) is 0 Å². The molecule has 0 unspecified atom stereocenters. The van der Waals surface area contributed by atoms with Crippen molar-refractivity contribution in [2.45, 2.75) is 118 Å². The van der Waals surface area contributed by atoms with Gasteiger partial charge in [-0.05, 0) is 88.5 Å². The highest BCUT2D eigenvalue weighted by Crippen LogP contribution is 2.48. The van der Waals surface area contributed by atoms with Crippen LogP contribution in [0.15, 0.2) is 72.8 Å². The molecule has 0 aliphatic carbocycles. The van der Waals surface area contributed by atoms with E-state index >= 15 is 0 Å². The van der Waals surface area contributed by atoms with E-state index in [2.05, 4.69) is 213 Å². The third-order valence-corrected chi connectivity index (χ3v) is 29.7. The standard InChI is InChI=1S/C48H66S2Si6/c1-51(2,3)41-27-31-23-35-36(24-32(31)28-42(41)52(4,5)6)48(40-20-22-46(50-40)56(16,17)18)38-26-34-30-44(54(10,11)12)43(53(7,8)9)29-33(34)25-37(38)47(35)39-19-21-45(49-39)55(13,14)15/h19-30H,1-18H3. The summed E-state index contributed by atoms with van der Waals surface area (Å²) in [6.45, 7) is 45.5. The van der Waals surface area contributed by atoms with E-state index < -0.39 is 48.4 Å². The second-order valence-corrected chi connectivity index (χ2v) is 56.0. The minimum atomic E-state index is -1.61. The van der Waals surface area contributed by atoms with Gasteiger partial charge in [-0.15, -0.1) is 22.7 Å². The molecular formula is C48H66S2Si6. The minimum absolute atomic E-state index is 1.40. The molecule has 56 heavy (non-hydrogen) atoms. The quantitative estimate of drug-likeness (QED) is 0.105. The fraction of sp³-hybridized carbons (Fsp3) is 0.375. The van der Waals surface area contributed by atoms with Crippen LogP contribution in [0, 0.1) is 0 Å². The molecule has 0 N–H and O–H groups in total. The van der Waals surface area contributed by atoms with Crippen molar-refractivity contribution in [3.63, 3.8) is 0 Å². The molecule has 2 heterocycles. The molecule has 5 aromatic carbocycles. The number of benzene rings is 5. The molecule has 7 aromatic rings. The summed E-state index contributed by atoms with van der Waals surface area (Å²) in [5.74, 6) is 0. The lowest BCUT2D eigenvalue weighted by molar-refractivity contribution is 1.69. The summed E-state index contributed by atoms with van der Waals surface area (Å²) < 4.78 is 3.16. The Labute approximate surface area is 352 Å². The van der Waals surface area contributed by atoms with Gasteiger partial charge in [-0.25, -0.2) is 0 Å². The Balaban J connectivity index is 1.75. The fourth-order valence-electron chi connectivity index (χ4n) is 8.58. The predicted octanol–water partition coefficient (Wildman–Crippen LogP) is 13.0. The Kier molecular flexibility index (Phi) is 10.3. The van der Waals surface area contributed by atoms with Crippen molar-refractivity contribution in [2.75, 3.05) is 0 Å². The Hall–Kier alpha value is -2.16. The Bertz CT molecular complexity index is 2370. The first-order valence-electron chi connectivity index (χ1n) is 20.8. The summed E-state index contributed by atoms with van der Waals surface area (Å²) in [7, 11) is -9.45. The highest BCUT2D eigenvalue weighted by molar-refractivity contribution is 7.29. The maximum Gasteiger partial charge on any atom is 0.0904 e. The second kappa shape index (κ2) is 13.7. The molecular weight excluding hydrogens is 809 g/mol. The Morgan fingerprint density at radius 3 is 0.696 bits per heavy atom. The topological polar surface area (TPSA) is 0 Å². The first kappa shape index (κ1) is 42.0. The summed E-state index contributed by atoms with van der Waals surface area (Å²) in [5, 5.41) is 17.9. The zero-order valence-electron chi connectivity index (χ0n) is 37.7. The second-order valence-electron chi connectivity index (χ2n) is 22.9. The number of rotatable bonds is 8. The van der Waals surface area contributed by atoms with E-state index in [1.165, 1.54) is 64.0 Å². The van der Waals surface area contributed by atoms with E-state index in [4.69, 9.17) is 0 Å². The van der Waals surface area contributed by atoms with Gasteiger partial charge < -0.3 is 0 Å². The van der Waals surface area contributed by atoms with Crippen molar-refractivity contribution >= 4 is 144 Å². The molecule has 0 aliphatic rings. The average molecular weight is 876 g/mol. The lowest BCUT2D eigenvalue weighted by Crippen LogP contribution is -2.56. The zero-order valence-corrected chi connectivity index (χ0v) is 45.4. The van der Waals surface area contributed by atoms with Gasteiger partial charge in [-0.1, -0.05) is 175 Å². The van der Waals surface area contributed by atoms with Crippen molar-refractivity contribution < 1.29 is 0 Å². The summed E-state index contributed by atoms with van der Waals surface area (Å²) in [4.78, 5) is 2.84. The van der Waals surface area contributed by atoms with E-state index in [1.54, 1.807) is 29.7 Å². The molecule has 7 rings (SSSR count). The van der Waals surface area contributed by atoms with E-state index in [0.29, 0.717) is 0 Å². The lowest BCUT2D eigenvalue weighted by atomic mass is 9.87. The number of thiophene rings is 2. The number of hydrogen-bond donors (Lipinski definition) is 0. The van der Waals surface area contributed by atoms with Crippen LogP contribution in [0.1, 0.15) is 0 Å². The van der Waals surface area contributed by atoms with Gasteiger partial charge in [0.05, 0.1) is 48.4 Å². The monoisotopic (exact) mass is 874 g/mol. The number of fused-ring (bicyclic) bond motifs is 4. The fourth-order valence-corrected chi connectivity index (χ4v) is 24.9. The van der Waals surface area contributed by atoms with Crippen molar-refractivity contribution in [3.05, 3.63) is 72.8 Å². The maximum absolute atomic E-state index is 2.64. The van der Waals surface area contributed by atoms with Crippen molar-refractivity contribution in [1.82, 2.24) is 0 Å². The highest BCUT2D eigenvalue weighted by Gasteiger charge is 2.31. The van der Waals surface area contributed by atoms with Crippen molar-refractivity contribution in [1.29, 1.82) is 0 Å². The van der Waals surface area contributed by atoms with E-state index in [1.807, 2.05) is 0 Å². The SMILES string of the molecule is C[Si](C)(C)c1ccc(-c2c3cc4cc([Si](C)(C)C)c([Si](C)(C)C)cc4cc3c(-c3ccc([Si](C)(C)C)s3)c3cc4cc([Si](C)(C)C)c([Si](C)(C)C)cc4cc23)s1. The largest absolute Gasteiger partial charge is 0.145 e. The summed E-state index contributed by atoms with van der Waals surface area (Å²) in [6, 6.07) is 30.9. The zero-order chi connectivity index (χ0) is 41.3. The molecule has 0 amide bonds. The van der Waals surface area contributed by atoms with Gasteiger partial charge in [0.25, 0.3) is 0 Å². The smallest absolute Gasteiger partial charge is 0.0904 e. The van der Waals surface area contributed by atoms with Gasteiger partial charge in [0.15, 0.2) is 0 Å². The third-order valence-electron chi connectivity index (χ3n) is 11.7. The van der Waals surface area contributed by atoms with E-state index in [-0.39, 0.29) is 0 Å². The molecule has 0 saturated carbocycles. The van der Waals surface area contributed by atoms with E-state index in [9.17, 15) is 0 Å². The summed E-state index contributed by atoms with van der Waals surface area (Å²) >= 11 is 4.13. The molecule has 8 heteroatoms. The molecule has 0 saturated heterocycles. The molecule has 2 aromatic heterocycles. The van der Waals surface area contributed by atoms with Crippen LogP contribution in [-0.2, 0) is 0 Å². The van der Waals surface area contributed by atoms with E-state index in [0.717, 1.165) is 0 Å². The van der Waals surface area contributed by atoms with Gasteiger partial charge in [-0.3, -0.25) is 0 Å². The van der Waals surface area contributed by atoms with Gasteiger partial charge in [-0.2, -0.15) is 0 Å². The van der Waals surface area contributed by atoms with Crippen LogP contribution >= 0.6 is 22.7 Å². The molecule has 0 radical (unpaired) electrons. The van der Waals surface area contributed by atoms with Crippen LogP contribution in [-0.4, -0.2) is 48.4 Å². The van der Waals surface area contributed by atoms with Crippen LogP contribution in [0.25, 0.3) is 64.0 Å². The van der Waals surface area contributed by atoms with Crippen LogP contribution in [0.2, 0.25) is 118 Å². The highest BCUT2D eigenvalue weighted by atomic mass is 32.1. The maximum atomic E-state index is 2.64. The van der Waals surface area contributed by atoms with Crippen LogP contribution in [0.3, 0.4) is 0 Å². The molecule has 0 nitrogen and oxygen atoms in total. The van der Waals surface area contributed by atoms with Gasteiger partial charge in [0.2, 0.25) is 0 Å². The normalized spacial score (nSPS) is 13.9. The van der Waals surface area contributed by atoms with Gasteiger partial charge in [0.1, 0.15) is 0 Å². The van der Waals surface area contributed by atoms with Crippen LogP contribution < -0.4 is 29.7 Å². The predicted molar refractivity (Wildman–Crippen MR) is 281 cm³/mol. The molecule has 0 fully saturated rings. The van der Waals surface area contributed by atoms with Gasteiger partial charge in [0, 0.05) is 20.9 Å². The minimum Gasteiger partial charge on any atom is -0.145 e. The summed E-state index contributed by atoms with van der Waals surface area (Å²) in [5.41, 5.74) is 2.87. The first-order valence-corrected chi connectivity index (χ1v) is 43.4. The Morgan fingerprint density at radius 2 is 0.518 bits per heavy atom. The van der Waals surface area contributed by atoms with Gasteiger partial charge >= 0.3 is 0 Å². The number of hydrogen-bond acceptors (Lipinski definition) is 2. The third kappa shape index (κ3) is 7.71. The van der Waals surface area contributed by atoms with Crippen molar-refractivity contribution in [3.8, 4) is 20.9 Å². The molecule has 0 aliphatic heterocycles. The molecule has 294 valence electrons.